The summed E-state index contributed by atoms with van der Waals surface area (Å²) in [4.78, 5) is 16.3. The smallest absolute Gasteiger partial charge is 0.422 e. The van der Waals surface area contributed by atoms with Crippen molar-refractivity contribution in [2.24, 2.45) is 0 Å². The fourth-order valence-corrected chi connectivity index (χ4v) is 2.96. The highest BCUT2D eigenvalue weighted by Crippen LogP contribution is 2.23. The number of para-hydroxylation sites is 1. The van der Waals surface area contributed by atoms with Crippen LogP contribution in [0.3, 0.4) is 0 Å². The number of amides is 1. The normalized spacial score (nSPS) is 11.8. The minimum Gasteiger partial charge on any atom is -0.484 e. The Hall–Kier alpha value is -2.87. The van der Waals surface area contributed by atoms with Crippen LogP contribution in [0.2, 0.25) is 0 Å². The first-order chi connectivity index (χ1) is 12.4. The van der Waals surface area contributed by atoms with E-state index in [0.29, 0.717) is 10.7 Å². The molecule has 3 aromatic rings. The molecule has 1 amide bonds. The third kappa shape index (κ3) is 5.06. The number of anilines is 1. The molecule has 1 aromatic heterocycles. The average Bonchev–Trinajstić information content (AvgIpc) is 3.02. The van der Waals surface area contributed by atoms with Gasteiger partial charge in [-0.05, 0) is 42.5 Å². The predicted molar refractivity (Wildman–Crippen MR) is 95.3 cm³/mol. The zero-order valence-electron chi connectivity index (χ0n) is 13.3. The maximum Gasteiger partial charge on any atom is 0.422 e. The lowest BCUT2D eigenvalue weighted by Gasteiger charge is -2.09. The number of halogens is 3. The number of hydrogen-bond acceptors (Lipinski definition) is 4. The van der Waals surface area contributed by atoms with E-state index >= 15 is 0 Å². The number of thiazole rings is 1. The summed E-state index contributed by atoms with van der Waals surface area (Å²) in [5.41, 5.74) is 1.32. The van der Waals surface area contributed by atoms with E-state index in [9.17, 15) is 18.0 Å². The number of carbonyl (C=O) groups excluding carboxylic acids is 1. The maximum atomic E-state index is 12.1. The van der Waals surface area contributed by atoms with Gasteiger partial charge in [0.05, 0.1) is 10.2 Å². The van der Waals surface area contributed by atoms with Crippen molar-refractivity contribution in [3.63, 3.8) is 0 Å². The summed E-state index contributed by atoms with van der Waals surface area (Å²) >= 11 is 1.47. The number of fused-ring (bicyclic) bond motifs is 1. The summed E-state index contributed by atoms with van der Waals surface area (Å²) in [5, 5.41) is 3.32. The van der Waals surface area contributed by atoms with Crippen LogP contribution in [-0.2, 0) is 4.79 Å². The second-order valence-corrected chi connectivity index (χ2v) is 6.33. The van der Waals surface area contributed by atoms with E-state index in [0.717, 1.165) is 10.2 Å². The molecule has 1 N–H and O–H groups in total. The van der Waals surface area contributed by atoms with Crippen LogP contribution in [-0.4, -0.2) is 23.7 Å². The Bertz CT molecular complexity index is 901. The molecule has 0 bridgehead atoms. The number of alkyl halides is 3. The molecule has 26 heavy (non-hydrogen) atoms. The third-order valence-electron chi connectivity index (χ3n) is 3.21. The van der Waals surface area contributed by atoms with E-state index in [1.165, 1.54) is 41.7 Å². The number of benzene rings is 2. The fourth-order valence-electron chi connectivity index (χ4n) is 2.09. The highest BCUT2D eigenvalue weighted by atomic mass is 32.1. The highest BCUT2D eigenvalue weighted by Gasteiger charge is 2.28. The SMILES string of the molecule is O=C(/C=C/c1nc2ccccc2s1)Nc1ccc(OCC(F)(F)F)cc1. The summed E-state index contributed by atoms with van der Waals surface area (Å²) in [6, 6.07) is 13.3. The quantitative estimate of drug-likeness (QED) is 0.643. The molecule has 8 heteroatoms. The molecule has 1 heterocycles. The highest BCUT2D eigenvalue weighted by molar-refractivity contribution is 7.19. The summed E-state index contributed by atoms with van der Waals surface area (Å²) < 4.78 is 41.9. The average molecular weight is 378 g/mol. The molecule has 0 aliphatic carbocycles. The van der Waals surface area contributed by atoms with Crippen molar-refractivity contribution in [1.29, 1.82) is 0 Å². The molecule has 0 saturated carbocycles. The second kappa shape index (κ2) is 7.57. The lowest BCUT2D eigenvalue weighted by Crippen LogP contribution is -2.19. The molecule has 0 aliphatic rings. The Balaban J connectivity index is 1.57. The first-order valence-electron chi connectivity index (χ1n) is 7.53. The van der Waals surface area contributed by atoms with Crippen LogP contribution in [0.15, 0.2) is 54.6 Å². The van der Waals surface area contributed by atoms with Crippen LogP contribution >= 0.6 is 11.3 Å². The van der Waals surface area contributed by atoms with Gasteiger partial charge in [-0.3, -0.25) is 4.79 Å². The van der Waals surface area contributed by atoms with Gasteiger partial charge in [-0.15, -0.1) is 11.3 Å². The largest absolute Gasteiger partial charge is 0.484 e. The Morgan fingerprint density at radius 1 is 1.15 bits per heavy atom. The molecule has 2 aromatic carbocycles. The van der Waals surface area contributed by atoms with E-state index in [-0.39, 0.29) is 11.7 Å². The van der Waals surface area contributed by atoms with Gasteiger partial charge in [0.15, 0.2) is 6.61 Å². The summed E-state index contributed by atoms with van der Waals surface area (Å²) in [6.45, 7) is -1.36. The minimum absolute atomic E-state index is 0.0744. The van der Waals surface area contributed by atoms with Crippen molar-refractivity contribution in [2.75, 3.05) is 11.9 Å². The van der Waals surface area contributed by atoms with E-state index in [1.54, 1.807) is 6.08 Å². The number of hydrogen-bond donors (Lipinski definition) is 1. The van der Waals surface area contributed by atoms with Crippen LogP contribution < -0.4 is 10.1 Å². The monoisotopic (exact) mass is 378 g/mol. The first-order valence-corrected chi connectivity index (χ1v) is 8.35. The number of carbonyl (C=O) groups is 1. The molecule has 0 radical (unpaired) electrons. The van der Waals surface area contributed by atoms with Gasteiger partial charge < -0.3 is 10.1 Å². The van der Waals surface area contributed by atoms with Crippen molar-refractivity contribution < 1.29 is 22.7 Å². The molecular formula is C18H13F3N2O2S. The third-order valence-corrected chi connectivity index (χ3v) is 4.21. The number of nitrogens with one attached hydrogen (secondary N) is 1. The summed E-state index contributed by atoms with van der Waals surface area (Å²) in [5.74, 6) is -0.293. The van der Waals surface area contributed by atoms with Crippen molar-refractivity contribution >= 4 is 39.2 Å². The van der Waals surface area contributed by atoms with Crippen LogP contribution in [0, 0.1) is 0 Å². The summed E-state index contributed by atoms with van der Waals surface area (Å²) in [7, 11) is 0. The van der Waals surface area contributed by atoms with E-state index < -0.39 is 12.8 Å². The summed E-state index contributed by atoms with van der Waals surface area (Å²) in [6.07, 6.45) is -1.43. The van der Waals surface area contributed by atoms with Crippen LogP contribution in [0.5, 0.6) is 5.75 Å². The Morgan fingerprint density at radius 3 is 2.58 bits per heavy atom. The van der Waals surface area contributed by atoms with Crippen LogP contribution in [0.1, 0.15) is 5.01 Å². The Morgan fingerprint density at radius 2 is 1.88 bits per heavy atom. The molecule has 0 atom stereocenters. The van der Waals surface area contributed by atoms with Crippen molar-refractivity contribution in [3.8, 4) is 5.75 Å². The molecule has 4 nitrogen and oxygen atoms in total. The van der Waals surface area contributed by atoms with Crippen molar-refractivity contribution in [2.45, 2.75) is 6.18 Å². The van der Waals surface area contributed by atoms with Crippen LogP contribution in [0.25, 0.3) is 16.3 Å². The fraction of sp³-hybridized carbons (Fsp3) is 0.111. The first kappa shape index (κ1) is 17.9. The number of rotatable bonds is 5. The Kier molecular flexibility index (Phi) is 5.22. The molecule has 0 saturated heterocycles. The van der Waals surface area contributed by atoms with Gasteiger partial charge in [-0.2, -0.15) is 13.2 Å². The van der Waals surface area contributed by atoms with Gasteiger partial charge in [0.25, 0.3) is 0 Å². The van der Waals surface area contributed by atoms with E-state index in [4.69, 9.17) is 0 Å². The molecule has 0 fully saturated rings. The minimum atomic E-state index is -4.39. The lowest BCUT2D eigenvalue weighted by molar-refractivity contribution is -0.153. The zero-order valence-corrected chi connectivity index (χ0v) is 14.1. The number of ether oxygens (including phenoxy) is 1. The second-order valence-electron chi connectivity index (χ2n) is 5.27. The van der Waals surface area contributed by atoms with E-state index in [2.05, 4.69) is 15.0 Å². The van der Waals surface area contributed by atoms with Gasteiger partial charge in [0.2, 0.25) is 5.91 Å². The maximum absolute atomic E-state index is 12.1. The number of nitrogens with zero attached hydrogens (tertiary/aromatic N) is 1. The van der Waals surface area contributed by atoms with Gasteiger partial charge in [-0.25, -0.2) is 4.98 Å². The van der Waals surface area contributed by atoms with Gasteiger partial charge >= 0.3 is 6.18 Å². The number of aromatic nitrogens is 1. The zero-order chi connectivity index (χ0) is 18.6. The Labute approximate surface area is 150 Å². The standard InChI is InChI=1S/C18H13F3N2O2S/c19-18(20,21)11-25-13-7-5-12(6-8-13)22-16(24)9-10-17-23-14-3-1-2-4-15(14)26-17/h1-10H,11H2,(H,22,24)/b10-9+. The predicted octanol–water partition coefficient (Wildman–Crippen LogP) is 4.89. The van der Waals surface area contributed by atoms with Gasteiger partial charge in [-0.1, -0.05) is 12.1 Å². The molecular weight excluding hydrogens is 365 g/mol. The van der Waals surface area contributed by atoms with Gasteiger partial charge in [0.1, 0.15) is 10.8 Å². The molecule has 0 aliphatic heterocycles. The molecule has 3 rings (SSSR count). The molecule has 134 valence electrons. The van der Waals surface area contributed by atoms with Gasteiger partial charge in [0, 0.05) is 11.8 Å². The van der Waals surface area contributed by atoms with Crippen molar-refractivity contribution in [1.82, 2.24) is 4.98 Å². The van der Waals surface area contributed by atoms with Crippen LogP contribution in [0.4, 0.5) is 18.9 Å². The molecule has 0 spiro atoms. The van der Waals surface area contributed by atoms with E-state index in [1.807, 2.05) is 24.3 Å². The lowest BCUT2D eigenvalue weighted by atomic mass is 10.3. The molecule has 0 unspecified atom stereocenters. The topological polar surface area (TPSA) is 51.2 Å². The van der Waals surface area contributed by atoms with Crippen molar-refractivity contribution in [3.05, 3.63) is 59.6 Å².